The first-order valence-corrected chi connectivity index (χ1v) is 8.46. The predicted octanol–water partition coefficient (Wildman–Crippen LogP) is 5.20. The average Bonchev–Trinajstić information content (AvgIpc) is 2.56. The first kappa shape index (κ1) is 20.4. The fraction of sp³-hybridized carbons (Fsp3) is 0.294. The summed E-state index contributed by atoms with van der Waals surface area (Å²) in [6.45, 7) is 4.75. The van der Waals surface area contributed by atoms with Gasteiger partial charge >= 0.3 is 6.03 Å². The van der Waals surface area contributed by atoms with Crippen molar-refractivity contribution in [1.29, 1.82) is 0 Å². The molecule has 0 saturated heterocycles. The normalized spacial score (nSPS) is 12.2. The Morgan fingerprint density at radius 2 is 1.85 bits per heavy atom. The van der Waals surface area contributed by atoms with Crippen molar-refractivity contribution in [2.45, 2.75) is 32.9 Å². The van der Waals surface area contributed by atoms with Gasteiger partial charge in [-0.15, -0.1) is 0 Å². The number of nitrogens with zero attached hydrogens (tertiary/aromatic N) is 2. The number of urea groups is 1. The summed E-state index contributed by atoms with van der Waals surface area (Å²) < 4.78 is 28.2. The van der Waals surface area contributed by atoms with Gasteiger partial charge in [-0.1, -0.05) is 23.2 Å². The van der Waals surface area contributed by atoms with Crippen LogP contribution in [0.3, 0.4) is 0 Å². The molecule has 9 heteroatoms. The van der Waals surface area contributed by atoms with Gasteiger partial charge in [0, 0.05) is 22.3 Å². The summed E-state index contributed by atoms with van der Waals surface area (Å²) in [5.74, 6) is -1.45. The van der Waals surface area contributed by atoms with Gasteiger partial charge in [0.2, 0.25) is 0 Å². The van der Waals surface area contributed by atoms with Crippen LogP contribution in [0.25, 0.3) is 11.1 Å². The van der Waals surface area contributed by atoms with E-state index in [2.05, 4.69) is 10.3 Å². The molecule has 0 bridgehead atoms. The van der Waals surface area contributed by atoms with Crippen LogP contribution in [0.2, 0.25) is 10.0 Å². The summed E-state index contributed by atoms with van der Waals surface area (Å²) in [6.07, 6.45) is 1.30. The first-order chi connectivity index (χ1) is 12.1. The second-order valence-corrected chi connectivity index (χ2v) is 6.76. The highest BCUT2D eigenvalue weighted by Gasteiger charge is 2.21. The zero-order valence-corrected chi connectivity index (χ0v) is 15.7. The van der Waals surface area contributed by atoms with Gasteiger partial charge in [0.05, 0.1) is 22.8 Å². The third-order valence-electron chi connectivity index (χ3n) is 3.62. The number of hydroxylamine groups is 2. The minimum Gasteiger partial charge on any atom is -0.328 e. The molecule has 26 heavy (non-hydrogen) atoms. The minimum atomic E-state index is -0.809. The second kappa shape index (κ2) is 8.16. The predicted molar refractivity (Wildman–Crippen MR) is 95.3 cm³/mol. The second-order valence-electron chi connectivity index (χ2n) is 5.95. The van der Waals surface area contributed by atoms with Gasteiger partial charge in [0.25, 0.3) is 0 Å². The number of pyridine rings is 1. The van der Waals surface area contributed by atoms with Crippen molar-refractivity contribution in [2.75, 3.05) is 0 Å². The lowest BCUT2D eigenvalue weighted by atomic mass is 10.1. The lowest BCUT2D eigenvalue weighted by molar-refractivity contribution is -0.0685. The molecule has 0 aliphatic carbocycles. The maximum atomic E-state index is 14.5. The van der Waals surface area contributed by atoms with E-state index in [1.54, 1.807) is 13.8 Å². The number of nitrogens with one attached hydrogen (secondary N) is 1. The number of amides is 2. The van der Waals surface area contributed by atoms with Crippen molar-refractivity contribution in [3.05, 3.63) is 51.8 Å². The number of rotatable bonds is 4. The van der Waals surface area contributed by atoms with E-state index in [0.717, 1.165) is 12.1 Å². The van der Waals surface area contributed by atoms with Crippen LogP contribution >= 0.6 is 23.2 Å². The Bertz CT molecular complexity index is 834. The van der Waals surface area contributed by atoms with Crippen molar-refractivity contribution in [2.24, 2.45) is 0 Å². The summed E-state index contributed by atoms with van der Waals surface area (Å²) in [6, 6.07) is 1.55. The maximum absolute atomic E-state index is 14.5. The number of aromatic nitrogens is 1. The maximum Gasteiger partial charge on any atom is 0.341 e. The molecule has 140 valence electrons. The van der Waals surface area contributed by atoms with Crippen molar-refractivity contribution in [3.8, 4) is 11.1 Å². The van der Waals surface area contributed by atoms with Crippen LogP contribution in [0.1, 0.15) is 32.5 Å². The third-order valence-corrected chi connectivity index (χ3v) is 4.22. The monoisotopic (exact) mass is 403 g/mol. The van der Waals surface area contributed by atoms with Crippen LogP contribution in [0, 0.1) is 11.6 Å². The van der Waals surface area contributed by atoms with Crippen LogP contribution in [0.5, 0.6) is 0 Å². The Morgan fingerprint density at radius 1 is 1.19 bits per heavy atom. The number of hydrogen-bond acceptors (Lipinski definition) is 3. The highest BCUT2D eigenvalue weighted by molar-refractivity contribution is 6.35. The van der Waals surface area contributed by atoms with Gasteiger partial charge in [-0.3, -0.25) is 10.2 Å². The number of benzene rings is 1. The molecular formula is C17H17Cl2F2N3O2. The van der Waals surface area contributed by atoms with Gasteiger partial charge < -0.3 is 5.32 Å². The molecule has 5 nitrogen and oxygen atoms in total. The molecule has 0 radical (unpaired) electrons. The molecule has 1 atom stereocenters. The molecule has 1 aromatic carbocycles. The van der Waals surface area contributed by atoms with E-state index in [4.69, 9.17) is 23.2 Å². The summed E-state index contributed by atoms with van der Waals surface area (Å²) in [5.41, 5.74) is 0.396. The summed E-state index contributed by atoms with van der Waals surface area (Å²) in [5, 5.41) is 12.4. The molecule has 2 amide bonds. The molecule has 2 rings (SSSR count). The van der Waals surface area contributed by atoms with E-state index in [9.17, 15) is 18.8 Å². The van der Waals surface area contributed by atoms with Crippen molar-refractivity contribution < 1.29 is 18.8 Å². The average molecular weight is 404 g/mol. The van der Waals surface area contributed by atoms with Crippen LogP contribution in [0.15, 0.2) is 24.4 Å². The molecule has 2 N–H and O–H groups in total. The summed E-state index contributed by atoms with van der Waals surface area (Å²) >= 11 is 11.7. The number of carbonyl (C=O) groups excluding carboxylic acids is 1. The number of carbonyl (C=O) groups is 1. The highest BCUT2D eigenvalue weighted by Crippen LogP contribution is 2.33. The molecule has 0 aliphatic heterocycles. The number of hydrogen-bond donors (Lipinski definition) is 2. The van der Waals surface area contributed by atoms with Gasteiger partial charge in [0.15, 0.2) is 0 Å². The molecule has 1 heterocycles. The zero-order valence-electron chi connectivity index (χ0n) is 14.2. The fourth-order valence-electron chi connectivity index (χ4n) is 2.23. The highest BCUT2D eigenvalue weighted by atomic mass is 35.5. The smallest absolute Gasteiger partial charge is 0.328 e. The van der Waals surface area contributed by atoms with Crippen LogP contribution < -0.4 is 5.32 Å². The Kier molecular flexibility index (Phi) is 6.39. The third kappa shape index (κ3) is 4.41. The van der Waals surface area contributed by atoms with E-state index in [1.807, 2.05) is 0 Å². The van der Waals surface area contributed by atoms with Crippen molar-refractivity contribution >= 4 is 29.2 Å². The van der Waals surface area contributed by atoms with Crippen LogP contribution in [0.4, 0.5) is 13.6 Å². The molecule has 0 spiro atoms. The van der Waals surface area contributed by atoms with Crippen molar-refractivity contribution in [3.63, 3.8) is 0 Å². The van der Waals surface area contributed by atoms with E-state index in [1.165, 1.54) is 19.2 Å². The molecule has 0 aliphatic rings. The largest absolute Gasteiger partial charge is 0.341 e. The van der Waals surface area contributed by atoms with E-state index < -0.39 is 29.7 Å². The summed E-state index contributed by atoms with van der Waals surface area (Å²) in [7, 11) is 0. The molecule has 0 saturated carbocycles. The standard InChI is InChI=1S/C17H17Cl2F2N3O2/c1-8(2)24(26)17(25)23-9(3)16-14(21)4-10(7-22-16)12-5-11(18)6-13(20)15(12)19/h4-9,26H,1-3H3,(H,23,25)/t9-/m1/s1. The molecule has 0 fully saturated rings. The molecule has 1 aromatic heterocycles. The van der Waals surface area contributed by atoms with Crippen LogP contribution in [-0.2, 0) is 0 Å². The van der Waals surface area contributed by atoms with E-state index >= 15 is 0 Å². The lowest BCUT2D eigenvalue weighted by Gasteiger charge is -2.22. The summed E-state index contributed by atoms with van der Waals surface area (Å²) in [4.78, 5) is 15.8. The Balaban J connectivity index is 2.29. The van der Waals surface area contributed by atoms with Gasteiger partial charge in [-0.05, 0) is 39.0 Å². The number of halogens is 4. The van der Waals surface area contributed by atoms with Crippen molar-refractivity contribution in [1.82, 2.24) is 15.4 Å². The SMILES string of the molecule is CC(C)N(O)C(=O)N[C@H](C)c1ncc(-c2cc(Cl)cc(F)c2Cl)cc1F. The fourth-order valence-corrected chi connectivity index (χ4v) is 2.66. The lowest BCUT2D eigenvalue weighted by Crippen LogP contribution is -2.42. The Morgan fingerprint density at radius 3 is 2.42 bits per heavy atom. The molecule has 0 unspecified atom stereocenters. The van der Waals surface area contributed by atoms with Gasteiger partial charge in [-0.2, -0.15) is 0 Å². The zero-order chi connectivity index (χ0) is 19.6. The van der Waals surface area contributed by atoms with E-state index in [-0.39, 0.29) is 26.9 Å². The molecule has 2 aromatic rings. The van der Waals surface area contributed by atoms with E-state index in [0.29, 0.717) is 5.06 Å². The Hall–Kier alpha value is -1.96. The minimum absolute atomic E-state index is 0.0436. The van der Waals surface area contributed by atoms with Crippen LogP contribution in [-0.4, -0.2) is 27.3 Å². The first-order valence-electron chi connectivity index (χ1n) is 7.70. The quantitative estimate of drug-likeness (QED) is 0.418. The Labute approximate surface area is 159 Å². The topological polar surface area (TPSA) is 65.5 Å². The van der Waals surface area contributed by atoms with Gasteiger partial charge in [-0.25, -0.2) is 18.6 Å². The molecular weight excluding hydrogens is 387 g/mol. The van der Waals surface area contributed by atoms with Gasteiger partial charge in [0.1, 0.15) is 11.6 Å².